The molecule has 3 rings (SSSR count). The molecule has 0 radical (unpaired) electrons. The van der Waals surface area contributed by atoms with Crippen molar-refractivity contribution in [1.29, 1.82) is 0 Å². The maximum atomic E-state index is 13.3. The van der Waals surface area contributed by atoms with Crippen LogP contribution in [0.3, 0.4) is 0 Å². The molecule has 2 atom stereocenters. The van der Waals surface area contributed by atoms with Gasteiger partial charge in [-0.15, -0.1) is 5.10 Å². The first-order chi connectivity index (χ1) is 20.6. The van der Waals surface area contributed by atoms with Crippen molar-refractivity contribution < 1.29 is 36.8 Å². The molecule has 0 aliphatic carbocycles. The Bertz CT molecular complexity index is 1370. The van der Waals surface area contributed by atoms with Crippen LogP contribution in [0.2, 0.25) is 0 Å². The average molecular weight is 670 g/mol. The molecule has 0 aliphatic heterocycles. The quantitative estimate of drug-likeness (QED) is 0.0930. The van der Waals surface area contributed by atoms with E-state index in [9.17, 15) is 9.46 Å². The van der Waals surface area contributed by atoms with E-state index in [1.54, 1.807) is 54.3 Å². The largest absolute Gasteiger partial charge is 0.540 e. The molecule has 3 aromatic carbocycles. The summed E-state index contributed by atoms with van der Waals surface area (Å²) in [7, 11) is 0.123. The Morgan fingerprint density at radius 2 is 1.51 bits per heavy atom. The van der Waals surface area contributed by atoms with Gasteiger partial charge in [0.25, 0.3) is 0 Å². The Morgan fingerprint density at radius 3 is 2.05 bits per heavy atom. The first-order valence-electron chi connectivity index (χ1n) is 13.0. The Labute approximate surface area is 260 Å². The highest BCUT2D eigenvalue weighted by molar-refractivity contribution is 8.02. The van der Waals surface area contributed by atoms with Crippen molar-refractivity contribution in [3.63, 3.8) is 0 Å². The van der Waals surface area contributed by atoms with Crippen molar-refractivity contribution in [2.45, 2.75) is 12.3 Å². The summed E-state index contributed by atoms with van der Waals surface area (Å²) in [6.45, 7) is 0.296. The Hall–Kier alpha value is -2.33. The van der Waals surface area contributed by atoms with Gasteiger partial charge in [-0.25, -0.2) is 4.90 Å². The minimum absolute atomic E-state index is 0.138. The van der Waals surface area contributed by atoms with Crippen LogP contribution in [0.5, 0.6) is 11.5 Å². The molecule has 1 N–H and O–H groups in total. The van der Waals surface area contributed by atoms with Gasteiger partial charge in [-0.05, 0) is 59.7 Å². The van der Waals surface area contributed by atoms with Crippen molar-refractivity contribution in [2.24, 2.45) is 5.10 Å². The number of nitrogens with zero attached hydrogens (tertiary/aromatic N) is 3. The molecular weight excluding hydrogens is 631 g/mol. The highest BCUT2D eigenvalue weighted by Crippen LogP contribution is 2.69. The van der Waals surface area contributed by atoms with Crippen LogP contribution in [-0.2, 0) is 41.0 Å². The summed E-state index contributed by atoms with van der Waals surface area (Å²) in [6, 6.07) is 24.1. The number of rotatable bonds is 17. The van der Waals surface area contributed by atoms with Crippen molar-refractivity contribution in [1.82, 2.24) is 9.68 Å². The number of benzene rings is 3. The minimum atomic E-state index is -3.56. The lowest BCUT2D eigenvalue weighted by Gasteiger charge is -2.34. The van der Waals surface area contributed by atoms with E-state index in [0.717, 1.165) is 16.9 Å². The lowest BCUT2D eigenvalue weighted by Crippen LogP contribution is -2.32. The van der Waals surface area contributed by atoms with Crippen LogP contribution >= 0.6 is 22.6 Å². The zero-order valence-electron chi connectivity index (χ0n) is 25.0. The fourth-order valence-corrected chi connectivity index (χ4v) is 7.89. The molecule has 0 saturated heterocycles. The summed E-state index contributed by atoms with van der Waals surface area (Å²) in [4.78, 5) is 13.4. The summed E-state index contributed by atoms with van der Waals surface area (Å²) in [6.07, 6.45) is 1.56. The van der Waals surface area contributed by atoms with E-state index in [-0.39, 0.29) is 6.29 Å². The monoisotopic (exact) mass is 669 g/mol. The van der Waals surface area contributed by atoms with Crippen LogP contribution < -0.4 is 9.26 Å². The molecule has 0 fully saturated rings. The summed E-state index contributed by atoms with van der Waals surface area (Å²) in [5, 5.41) is 4.41. The van der Waals surface area contributed by atoms with E-state index in [4.69, 9.17) is 39.2 Å². The normalized spacial score (nSPS) is 13.3. The lowest BCUT2D eigenvalue weighted by atomic mass is 10.1. The van der Waals surface area contributed by atoms with Crippen molar-refractivity contribution in [2.75, 3.05) is 48.9 Å². The second kappa shape index (κ2) is 16.7. The van der Waals surface area contributed by atoms with Crippen LogP contribution in [0.25, 0.3) is 0 Å². The SMILES string of the molecule is COc1ccc(/C=N/N(C)[P+](=S)Oc2ccc(C(N(Cc3ccccc3)CP(=O)(OC)OC)[P+](O)(OC)OC)cc2)cc1. The molecule has 232 valence electrons. The van der Waals surface area contributed by atoms with Gasteiger partial charge in [0.2, 0.25) is 17.6 Å². The zero-order valence-corrected chi connectivity index (χ0v) is 28.5. The molecule has 15 heteroatoms. The fraction of sp³-hybridized carbons (Fsp3) is 0.321. The number of hydrazone groups is 1. The van der Waals surface area contributed by atoms with E-state index in [0.29, 0.717) is 17.9 Å². The average Bonchev–Trinajstić information content (AvgIpc) is 3.04. The minimum Gasteiger partial charge on any atom is -0.497 e. The molecule has 43 heavy (non-hydrogen) atoms. The fourth-order valence-electron chi connectivity index (χ4n) is 4.06. The first kappa shape index (κ1) is 35.2. The third-order valence-corrected chi connectivity index (χ3v) is 12.4. The van der Waals surface area contributed by atoms with Crippen LogP contribution in [0.15, 0.2) is 84.0 Å². The maximum Gasteiger partial charge on any atom is 0.540 e. The third-order valence-electron chi connectivity index (χ3n) is 6.41. The van der Waals surface area contributed by atoms with Gasteiger partial charge in [-0.3, -0.25) is 9.09 Å². The molecule has 0 bridgehead atoms. The van der Waals surface area contributed by atoms with Gasteiger partial charge in [0.1, 0.15) is 12.0 Å². The van der Waals surface area contributed by atoms with Gasteiger partial charge in [0, 0.05) is 26.3 Å². The lowest BCUT2D eigenvalue weighted by molar-refractivity contribution is 0.162. The van der Waals surface area contributed by atoms with Gasteiger partial charge in [-0.2, -0.15) is 13.9 Å². The van der Waals surface area contributed by atoms with Crippen molar-refractivity contribution in [3.05, 3.63) is 95.6 Å². The highest BCUT2D eigenvalue weighted by atomic mass is 32.4. The van der Waals surface area contributed by atoms with Gasteiger partial charge in [-0.1, -0.05) is 35.1 Å². The van der Waals surface area contributed by atoms with Gasteiger partial charge >= 0.3 is 22.6 Å². The topological polar surface area (TPSA) is 112 Å². The smallest absolute Gasteiger partial charge is 0.497 e. The second-order valence-corrected chi connectivity index (χ2v) is 15.8. The first-order valence-corrected chi connectivity index (χ1v) is 18.6. The van der Waals surface area contributed by atoms with Gasteiger partial charge in [0.05, 0.1) is 34.6 Å². The predicted molar refractivity (Wildman–Crippen MR) is 174 cm³/mol. The summed E-state index contributed by atoms with van der Waals surface area (Å²) < 4.78 is 47.7. The molecule has 11 nitrogen and oxygen atoms in total. The Balaban J connectivity index is 1.87. The zero-order chi connectivity index (χ0) is 31.5. The van der Waals surface area contributed by atoms with E-state index in [1.807, 2.05) is 54.6 Å². The van der Waals surface area contributed by atoms with Crippen LogP contribution in [0.1, 0.15) is 22.5 Å². The summed E-state index contributed by atoms with van der Waals surface area (Å²) in [5.74, 6) is 0.425. The number of ether oxygens (including phenoxy) is 1. The standard InChI is InChI=1S/C28H38N3O8P3S/c1-30(29-20-23-12-16-26(34-2)17-13-23)40(43)39-27-18-14-25(15-19-27)28(42(33,37-5)38-6)31(22-41(32,35-3)36-4)21-24-10-8-7-9-11-24/h7-20,28,33H,21-22H2,1-6H3/q+2/b29-20+. The van der Waals surface area contributed by atoms with E-state index >= 15 is 0 Å². The van der Waals surface area contributed by atoms with E-state index < -0.39 is 28.4 Å². The highest BCUT2D eigenvalue weighted by Gasteiger charge is 2.54. The second-order valence-electron chi connectivity index (χ2n) is 9.06. The van der Waals surface area contributed by atoms with Crippen molar-refractivity contribution in [3.8, 4) is 11.5 Å². The van der Waals surface area contributed by atoms with Crippen LogP contribution in [-0.4, -0.2) is 69.7 Å². The van der Waals surface area contributed by atoms with Crippen LogP contribution in [0, 0.1) is 0 Å². The molecule has 0 saturated carbocycles. The maximum absolute atomic E-state index is 13.3. The molecule has 0 heterocycles. The van der Waals surface area contributed by atoms with Crippen molar-refractivity contribution >= 4 is 40.6 Å². The van der Waals surface area contributed by atoms with Gasteiger partial charge in [0.15, 0.2) is 5.75 Å². The number of methoxy groups -OCH3 is 1. The summed E-state index contributed by atoms with van der Waals surface area (Å²) in [5.41, 5.74) is 2.45. The Kier molecular flexibility index (Phi) is 13.6. The molecule has 0 aromatic heterocycles. The number of hydrogen-bond acceptors (Lipinski definition) is 11. The van der Waals surface area contributed by atoms with Crippen LogP contribution in [0.4, 0.5) is 0 Å². The predicted octanol–water partition coefficient (Wildman–Crippen LogP) is 6.81. The number of hydrogen-bond donors (Lipinski definition) is 1. The molecule has 0 aliphatic rings. The van der Waals surface area contributed by atoms with E-state index in [1.165, 1.54) is 28.4 Å². The van der Waals surface area contributed by atoms with Gasteiger partial charge < -0.3 is 13.8 Å². The molecule has 2 unspecified atom stereocenters. The molecule has 0 amide bonds. The molecule has 0 spiro atoms. The Morgan fingerprint density at radius 1 is 0.930 bits per heavy atom. The van der Waals surface area contributed by atoms with E-state index in [2.05, 4.69) is 5.10 Å². The third kappa shape index (κ3) is 9.83. The molecule has 3 aromatic rings. The summed E-state index contributed by atoms with van der Waals surface area (Å²) >= 11 is 5.57. The molecular formula is C28H38N3O8P3S+2.